The summed E-state index contributed by atoms with van der Waals surface area (Å²) in [6.45, 7) is 5.44. The fourth-order valence-electron chi connectivity index (χ4n) is 2.22. The van der Waals surface area contributed by atoms with Crippen LogP contribution in [0, 0.1) is 20.8 Å². The Morgan fingerprint density at radius 1 is 1.32 bits per heavy atom. The van der Waals surface area contributed by atoms with Crippen LogP contribution in [0.5, 0.6) is 5.75 Å². The molecule has 0 saturated carbocycles. The zero-order valence-corrected chi connectivity index (χ0v) is 15.5. The first kappa shape index (κ1) is 17.4. The van der Waals surface area contributed by atoms with Crippen LogP contribution in [-0.2, 0) is 4.79 Å². The van der Waals surface area contributed by atoms with Crippen molar-refractivity contribution in [3.63, 3.8) is 0 Å². The van der Waals surface area contributed by atoms with Gasteiger partial charge in [-0.1, -0.05) is 16.8 Å². The van der Waals surface area contributed by atoms with E-state index in [1.807, 2.05) is 19.9 Å². The standard InChI is InChI=1S/C17H16ClN3O3S/c1-9-6-12(18)4-5-14(9)23-8-16(22)20-13-7-15(25-10(13)2)17-19-11(3)24-21-17/h4-7H,8H2,1-3H3,(H,20,22). The van der Waals surface area contributed by atoms with Crippen LogP contribution < -0.4 is 10.1 Å². The number of halogens is 1. The minimum Gasteiger partial charge on any atom is -0.483 e. The molecular weight excluding hydrogens is 362 g/mol. The minimum atomic E-state index is -0.244. The summed E-state index contributed by atoms with van der Waals surface area (Å²) in [6, 6.07) is 7.09. The van der Waals surface area contributed by atoms with Crippen molar-refractivity contribution in [1.82, 2.24) is 10.1 Å². The zero-order chi connectivity index (χ0) is 18.0. The van der Waals surface area contributed by atoms with Crippen molar-refractivity contribution in [1.29, 1.82) is 0 Å². The molecule has 130 valence electrons. The number of amides is 1. The molecule has 3 aromatic rings. The van der Waals surface area contributed by atoms with Gasteiger partial charge in [-0.05, 0) is 43.7 Å². The molecule has 0 aliphatic heterocycles. The summed E-state index contributed by atoms with van der Waals surface area (Å²) in [5.74, 6) is 1.40. The monoisotopic (exact) mass is 377 g/mol. The fourth-order valence-corrected chi connectivity index (χ4v) is 3.35. The molecule has 1 aromatic carbocycles. The van der Waals surface area contributed by atoms with E-state index in [0.717, 1.165) is 15.3 Å². The number of aryl methyl sites for hydroxylation is 3. The fraction of sp³-hybridized carbons (Fsp3) is 0.235. The highest BCUT2D eigenvalue weighted by molar-refractivity contribution is 7.16. The second-order valence-corrected chi connectivity index (χ2v) is 7.16. The number of carbonyl (C=O) groups excluding carboxylic acids is 1. The molecule has 2 heterocycles. The van der Waals surface area contributed by atoms with Crippen molar-refractivity contribution in [2.45, 2.75) is 20.8 Å². The van der Waals surface area contributed by atoms with E-state index >= 15 is 0 Å². The Balaban J connectivity index is 1.64. The summed E-state index contributed by atoms with van der Waals surface area (Å²) >= 11 is 7.39. The average molecular weight is 378 g/mol. The molecule has 0 radical (unpaired) electrons. The molecule has 3 rings (SSSR count). The highest BCUT2D eigenvalue weighted by atomic mass is 35.5. The molecule has 0 atom stereocenters. The summed E-state index contributed by atoms with van der Waals surface area (Å²) in [5.41, 5.74) is 1.59. The van der Waals surface area contributed by atoms with Gasteiger partial charge in [-0.3, -0.25) is 4.79 Å². The maximum atomic E-state index is 12.2. The molecule has 2 aromatic heterocycles. The van der Waals surface area contributed by atoms with Crippen LogP contribution in [0.1, 0.15) is 16.3 Å². The lowest BCUT2D eigenvalue weighted by atomic mass is 10.2. The second kappa shape index (κ2) is 7.25. The van der Waals surface area contributed by atoms with Gasteiger partial charge < -0.3 is 14.6 Å². The van der Waals surface area contributed by atoms with Crippen molar-refractivity contribution < 1.29 is 14.1 Å². The Bertz CT molecular complexity index is 920. The van der Waals surface area contributed by atoms with Gasteiger partial charge in [0.1, 0.15) is 5.75 Å². The third-order valence-electron chi connectivity index (χ3n) is 3.44. The van der Waals surface area contributed by atoms with Gasteiger partial charge in [0, 0.05) is 16.8 Å². The summed E-state index contributed by atoms with van der Waals surface area (Å²) in [4.78, 5) is 18.1. The Hall–Kier alpha value is -2.38. The lowest BCUT2D eigenvalue weighted by molar-refractivity contribution is -0.118. The van der Waals surface area contributed by atoms with E-state index < -0.39 is 0 Å². The number of nitrogens with zero attached hydrogens (tertiary/aromatic N) is 2. The molecule has 0 spiro atoms. The highest BCUT2D eigenvalue weighted by Crippen LogP contribution is 2.32. The normalized spacial score (nSPS) is 10.7. The molecule has 1 N–H and O–H groups in total. The smallest absolute Gasteiger partial charge is 0.262 e. The number of thiophene rings is 1. The van der Waals surface area contributed by atoms with E-state index in [1.165, 1.54) is 11.3 Å². The van der Waals surface area contributed by atoms with E-state index in [0.29, 0.717) is 28.2 Å². The quantitative estimate of drug-likeness (QED) is 0.713. The average Bonchev–Trinajstić information content (AvgIpc) is 3.13. The number of rotatable bonds is 5. The van der Waals surface area contributed by atoms with Crippen LogP contribution in [0.4, 0.5) is 5.69 Å². The third-order valence-corrected chi connectivity index (χ3v) is 4.72. The van der Waals surface area contributed by atoms with E-state index in [2.05, 4.69) is 15.5 Å². The van der Waals surface area contributed by atoms with Crippen molar-refractivity contribution in [3.8, 4) is 16.5 Å². The Labute approximate surface area is 153 Å². The number of aromatic nitrogens is 2. The second-order valence-electron chi connectivity index (χ2n) is 5.46. The van der Waals surface area contributed by atoms with Crippen LogP contribution in [-0.4, -0.2) is 22.7 Å². The summed E-state index contributed by atoms with van der Waals surface area (Å²) in [5, 5.41) is 7.36. The van der Waals surface area contributed by atoms with Gasteiger partial charge in [0.2, 0.25) is 11.7 Å². The van der Waals surface area contributed by atoms with Crippen molar-refractivity contribution in [2.24, 2.45) is 0 Å². The Morgan fingerprint density at radius 2 is 2.12 bits per heavy atom. The van der Waals surface area contributed by atoms with Crippen molar-refractivity contribution in [2.75, 3.05) is 11.9 Å². The van der Waals surface area contributed by atoms with Crippen LogP contribution in [0.15, 0.2) is 28.8 Å². The number of carbonyl (C=O) groups is 1. The van der Waals surface area contributed by atoms with Gasteiger partial charge in [0.05, 0.1) is 10.6 Å². The summed E-state index contributed by atoms with van der Waals surface area (Å²) < 4.78 is 10.5. The van der Waals surface area contributed by atoms with Crippen LogP contribution in [0.2, 0.25) is 5.02 Å². The molecule has 0 unspecified atom stereocenters. The van der Waals surface area contributed by atoms with Crippen LogP contribution >= 0.6 is 22.9 Å². The molecule has 6 nitrogen and oxygen atoms in total. The molecule has 0 fully saturated rings. The lowest BCUT2D eigenvalue weighted by Crippen LogP contribution is -2.20. The van der Waals surface area contributed by atoms with Gasteiger partial charge in [-0.2, -0.15) is 4.98 Å². The largest absolute Gasteiger partial charge is 0.483 e. The molecule has 1 amide bonds. The topological polar surface area (TPSA) is 77.2 Å². The minimum absolute atomic E-state index is 0.0889. The third kappa shape index (κ3) is 4.18. The van der Waals surface area contributed by atoms with Gasteiger partial charge in [-0.15, -0.1) is 11.3 Å². The van der Waals surface area contributed by atoms with E-state index in [9.17, 15) is 4.79 Å². The number of ether oxygens (including phenoxy) is 1. The molecule has 0 aliphatic carbocycles. The predicted octanol–water partition coefficient (Wildman–Crippen LogP) is 4.39. The summed E-state index contributed by atoms with van der Waals surface area (Å²) in [7, 11) is 0. The van der Waals surface area contributed by atoms with Crippen molar-refractivity contribution in [3.05, 3.63) is 45.6 Å². The van der Waals surface area contributed by atoms with Gasteiger partial charge in [-0.25, -0.2) is 0 Å². The molecule has 0 saturated heterocycles. The predicted molar refractivity (Wildman–Crippen MR) is 97.4 cm³/mol. The first-order chi connectivity index (χ1) is 11.9. The van der Waals surface area contributed by atoms with E-state index in [4.69, 9.17) is 20.9 Å². The van der Waals surface area contributed by atoms with E-state index in [-0.39, 0.29) is 12.5 Å². The van der Waals surface area contributed by atoms with Crippen LogP contribution in [0.3, 0.4) is 0 Å². The Kier molecular flexibility index (Phi) is 5.06. The number of anilines is 1. The molecule has 25 heavy (non-hydrogen) atoms. The van der Waals surface area contributed by atoms with Crippen LogP contribution in [0.25, 0.3) is 10.7 Å². The molecule has 0 aliphatic rings. The zero-order valence-electron chi connectivity index (χ0n) is 13.9. The maximum Gasteiger partial charge on any atom is 0.262 e. The van der Waals surface area contributed by atoms with Gasteiger partial charge >= 0.3 is 0 Å². The Morgan fingerprint density at radius 3 is 2.80 bits per heavy atom. The molecule has 8 heteroatoms. The van der Waals surface area contributed by atoms with Gasteiger partial charge in [0.15, 0.2) is 6.61 Å². The first-order valence-electron chi connectivity index (χ1n) is 7.52. The highest BCUT2D eigenvalue weighted by Gasteiger charge is 2.14. The number of hydrogen-bond donors (Lipinski definition) is 1. The number of hydrogen-bond acceptors (Lipinski definition) is 6. The maximum absolute atomic E-state index is 12.2. The number of benzene rings is 1. The molecular formula is C17H16ClN3O3S. The number of nitrogens with one attached hydrogen (secondary N) is 1. The molecule has 0 bridgehead atoms. The van der Waals surface area contributed by atoms with Crippen molar-refractivity contribution >= 4 is 34.5 Å². The lowest BCUT2D eigenvalue weighted by Gasteiger charge is -2.09. The van der Waals surface area contributed by atoms with Gasteiger partial charge in [0.25, 0.3) is 5.91 Å². The summed E-state index contributed by atoms with van der Waals surface area (Å²) in [6.07, 6.45) is 0. The SMILES string of the molecule is Cc1nc(-c2cc(NC(=O)COc3ccc(Cl)cc3C)c(C)s2)no1. The first-order valence-corrected chi connectivity index (χ1v) is 8.72. The van der Waals surface area contributed by atoms with E-state index in [1.54, 1.807) is 25.1 Å².